The van der Waals surface area contributed by atoms with Crippen molar-refractivity contribution in [3.8, 4) is 0 Å². The number of hydrogen-bond acceptors (Lipinski definition) is 2. The predicted octanol–water partition coefficient (Wildman–Crippen LogP) is 2.65. The summed E-state index contributed by atoms with van der Waals surface area (Å²) in [6, 6.07) is 8.99. The molecule has 1 aliphatic rings. The number of benzene rings is 1. The standard InChI is InChI=1S/C15H21NO2/c1-11-5-3-4-6-14(11)13-9-12(2)16(10-13)8-7-15(17)18/h3-6,12-13H,7-10H2,1-2H3,(H,17,18)/t12-,13-/m0/s1. The van der Waals surface area contributed by atoms with E-state index in [-0.39, 0.29) is 6.42 Å². The molecular formula is C15H21NO2. The highest BCUT2D eigenvalue weighted by molar-refractivity contribution is 5.66. The molecular weight excluding hydrogens is 226 g/mol. The second kappa shape index (κ2) is 5.53. The van der Waals surface area contributed by atoms with E-state index >= 15 is 0 Å². The van der Waals surface area contributed by atoms with Gasteiger partial charge < -0.3 is 5.11 Å². The van der Waals surface area contributed by atoms with Gasteiger partial charge in [-0.3, -0.25) is 9.69 Å². The van der Waals surface area contributed by atoms with Gasteiger partial charge in [-0.1, -0.05) is 24.3 Å². The maximum Gasteiger partial charge on any atom is 0.304 e. The molecule has 1 fully saturated rings. The molecule has 3 heteroatoms. The Morgan fingerprint density at radius 2 is 2.17 bits per heavy atom. The van der Waals surface area contributed by atoms with Crippen LogP contribution in [0.1, 0.15) is 36.8 Å². The van der Waals surface area contributed by atoms with Gasteiger partial charge in [-0.25, -0.2) is 0 Å². The average Bonchev–Trinajstić information content (AvgIpc) is 2.68. The average molecular weight is 247 g/mol. The van der Waals surface area contributed by atoms with E-state index in [0.29, 0.717) is 18.5 Å². The first-order valence-electron chi connectivity index (χ1n) is 6.59. The lowest BCUT2D eigenvalue weighted by Crippen LogP contribution is -2.29. The van der Waals surface area contributed by atoms with Crippen LogP contribution in [-0.2, 0) is 4.79 Å². The van der Waals surface area contributed by atoms with E-state index in [4.69, 9.17) is 5.11 Å². The molecule has 0 aromatic heterocycles. The lowest BCUT2D eigenvalue weighted by atomic mass is 9.93. The van der Waals surface area contributed by atoms with E-state index in [1.54, 1.807) is 0 Å². The second-order valence-electron chi connectivity index (χ2n) is 5.28. The van der Waals surface area contributed by atoms with Gasteiger partial charge in [0.05, 0.1) is 6.42 Å². The van der Waals surface area contributed by atoms with Crippen molar-refractivity contribution < 1.29 is 9.90 Å². The molecule has 2 atom stereocenters. The molecule has 0 aliphatic carbocycles. The highest BCUT2D eigenvalue weighted by Gasteiger charge is 2.30. The Morgan fingerprint density at radius 3 is 2.83 bits per heavy atom. The summed E-state index contributed by atoms with van der Waals surface area (Å²) < 4.78 is 0. The van der Waals surface area contributed by atoms with Crippen molar-refractivity contribution in [3.05, 3.63) is 35.4 Å². The highest BCUT2D eigenvalue weighted by atomic mass is 16.4. The second-order valence-corrected chi connectivity index (χ2v) is 5.28. The van der Waals surface area contributed by atoms with E-state index in [9.17, 15) is 4.79 Å². The summed E-state index contributed by atoms with van der Waals surface area (Å²) in [6.07, 6.45) is 1.37. The molecule has 18 heavy (non-hydrogen) atoms. The van der Waals surface area contributed by atoms with Crippen LogP contribution in [0.3, 0.4) is 0 Å². The summed E-state index contributed by atoms with van der Waals surface area (Å²) in [5.41, 5.74) is 2.76. The van der Waals surface area contributed by atoms with Crippen LogP contribution in [0.15, 0.2) is 24.3 Å². The lowest BCUT2D eigenvalue weighted by molar-refractivity contribution is -0.137. The van der Waals surface area contributed by atoms with Gasteiger partial charge in [0.2, 0.25) is 0 Å². The SMILES string of the molecule is Cc1ccccc1[C@H]1C[C@H](C)N(CCC(=O)O)C1. The monoisotopic (exact) mass is 247 g/mol. The Labute approximate surface area is 108 Å². The van der Waals surface area contributed by atoms with Gasteiger partial charge in [0, 0.05) is 19.1 Å². The van der Waals surface area contributed by atoms with Crippen LogP contribution in [0.2, 0.25) is 0 Å². The van der Waals surface area contributed by atoms with Crippen LogP contribution in [0.5, 0.6) is 0 Å². The van der Waals surface area contributed by atoms with Gasteiger partial charge in [0.1, 0.15) is 0 Å². The van der Waals surface area contributed by atoms with Gasteiger partial charge in [-0.2, -0.15) is 0 Å². The largest absolute Gasteiger partial charge is 0.481 e. The van der Waals surface area contributed by atoms with Crippen molar-refractivity contribution >= 4 is 5.97 Å². The fourth-order valence-corrected chi connectivity index (χ4v) is 2.92. The number of carbonyl (C=O) groups is 1. The maximum absolute atomic E-state index is 10.6. The Bertz CT molecular complexity index is 430. The molecule has 98 valence electrons. The lowest BCUT2D eigenvalue weighted by Gasteiger charge is -2.19. The first kappa shape index (κ1) is 13.1. The van der Waals surface area contributed by atoms with Crippen molar-refractivity contribution in [2.45, 2.75) is 38.6 Å². The fourth-order valence-electron chi connectivity index (χ4n) is 2.92. The third-order valence-corrected chi connectivity index (χ3v) is 3.95. The van der Waals surface area contributed by atoms with Crippen LogP contribution < -0.4 is 0 Å². The molecule has 1 aliphatic heterocycles. The Balaban J connectivity index is 2.02. The number of rotatable bonds is 4. The highest BCUT2D eigenvalue weighted by Crippen LogP contribution is 2.33. The molecule has 0 amide bonds. The molecule has 1 heterocycles. The molecule has 1 aromatic rings. The van der Waals surface area contributed by atoms with E-state index in [0.717, 1.165) is 13.0 Å². The summed E-state index contributed by atoms with van der Waals surface area (Å²) in [5.74, 6) is -0.156. The molecule has 0 bridgehead atoms. The molecule has 3 nitrogen and oxygen atoms in total. The molecule has 1 N–H and O–H groups in total. The molecule has 0 radical (unpaired) electrons. The Morgan fingerprint density at radius 1 is 1.44 bits per heavy atom. The third-order valence-electron chi connectivity index (χ3n) is 3.95. The van der Waals surface area contributed by atoms with Crippen molar-refractivity contribution in [1.29, 1.82) is 0 Å². The zero-order valence-electron chi connectivity index (χ0n) is 11.1. The maximum atomic E-state index is 10.6. The minimum atomic E-state index is -0.707. The van der Waals surface area contributed by atoms with E-state index in [2.05, 4.69) is 43.0 Å². The summed E-state index contributed by atoms with van der Waals surface area (Å²) in [6.45, 7) is 6.00. The summed E-state index contributed by atoms with van der Waals surface area (Å²) >= 11 is 0. The van der Waals surface area contributed by atoms with Crippen LogP contribution in [0, 0.1) is 6.92 Å². The third kappa shape index (κ3) is 2.91. The van der Waals surface area contributed by atoms with Crippen LogP contribution in [0.4, 0.5) is 0 Å². The smallest absolute Gasteiger partial charge is 0.304 e. The van der Waals surface area contributed by atoms with Gasteiger partial charge >= 0.3 is 5.97 Å². The summed E-state index contributed by atoms with van der Waals surface area (Å²) in [5, 5.41) is 8.76. The van der Waals surface area contributed by atoms with Crippen LogP contribution in [0.25, 0.3) is 0 Å². The number of likely N-dealkylation sites (tertiary alicyclic amines) is 1. The van der Waals surface area contributed by atoms with Crippen molar-refractivity contribution in [3.63, 3.8) is 0 Å². The van der Waals surface area contributed by atoms with E-state index in [1.165, 1.54) is 11.1 Å². The minimum absolute atomic E-state index is 0.241. The summed E-state index contributed by atoms with van der Waals surface area (Å²) in [4.78, 5) is 12.9. The van der Waals surface area contributed by atoms with E-state index < -0.39 is 5.97 Å². The first-order chi connectivity index (χ1) is 8.58. The zero-order chi connectivity index (χ0) is 13.1. The Kier molecular flexibility index (Phi) is 4.02. The van der Waals surface area contributed by atoms with Gasteiger partial charge in [0.15, 0.2) is 0 Å². The first-order valence-corrected chi connectivity index (χ1v) is 6.59. The number of hydrogen-bond donors (Lipinski definition) is 1. The zero-order valence-corrected chi connectivity index (χ0v) is 11.1. The van der Waals surface area contributed by atoms with Gasteiger partial charge in [-0.05, 0) is 37.3 Å². The quantitative estimate of drug-likeness (QED) is 0.889. The topological polar surface area (TPSA) is 40.5 Å². The predicted molar refractivity (Wildman–Crippen MR) is 71.8 cm³/mol. The number of aryl methyl sites for hydroxylation is 1. The molecule has 0 unspecified atom stereocenters. The molecule has 0 spiro atoms. The van der Waals surface area contributed by atoms with Crippen LogP contribution in [-0.4, -0.2) is 35.1 Å². The van der Waals surface area contributed by atoms with Crippen LogP contribution >= 0.6 is 0 Å². The van der Waals surface area contributed by atoms with Crippen molar-refractivity contribution in [1.82, 2.24) is 4.90 Å². The van der Waals surface area contributed by atoms with Gasteiger partial charge in [0.25, 0.3) is 0 Å². The molecule has 1 aromatic carbocycles. The van der Waals surface area contributed by atoms with Crippen molar-refractivity contribution in [2.75, 3.05) is 13.1 Å². The fraction of sp³-hybridized carbons (Fsp3) is 0.533. The molecule has 2 rings (SSSR count). The van der Waals surface area contributed by atoms with Crippen molar-refractivity contribution in [2.24, 2.45) is 0 Å². The number of nitrogens with zero attached hydrogens (tertiary/aromatic N) is 1. The summed E-state index contributed by atoms with van der Waals surface area (Å²) in [7, 11) is 0. The Hall–Kier alpha value is -1.35. The normalized spacial score (nSPS) is 24.3. The molecule has 0 saturated carbocycles. The minimum Gasteiger partial charge on any atom is -0.481 e. The number of carboxylic acids is 1. The van der Waals surface area contributed by atoms with Gasteiger partial charge in [-0.15, -0.1) is 0 Å². The van der Waals surface area contributed by atoms with E-state index in [1.807, 2.05) is 0 Å². The number of aliphatic carboxylic acids is 1. The molecule has 1 saturated heterocycles. The number of carboxylic acid groups (broad SMARTS) is 1.